The van der Waals surface area contributed by atoms with Gasteiger partial charge in [0.1, 0.15) is 31.0 Å². The molecule has 2 aromatic heterocycles. The highest BCUT2D eigenvalue weighted by atomic mass is 35.5. The van der Waals surface area contributed by atoms with E-state index in [4.69, 9.17) is 16.3 Å². The number of fused-ring (bicyclic) bond motifs is 1. The van der Waals surface area contributed by atoms with E-state index in [-0.39, 0.29) is 32.5 Å². The Kier molecular flexibility index (Phi) is 12.4. The van der Waals surface area contributed by atoms with E-state index in [0.29, 0.717) is 36.0 Å². The number of amides is 2. The molecular weight excluding hydrogens is 713 g/mol. The minimum atomic E-state index is -4.59. The number of carbonyl (C=O) groups excluding carboxylic acids is 2. The molecule has 15 heteroatoms. The standard InChI is InChI=1S/C38H42ClF3N6O5/c39-28-6-3-7-29(17-28)47-12-10-26(20-47)19-46-13-14-48(32(22-46)37(52)44-24-38(40,41)42)21-30(49)16-27(15-25-5-4-11-43-18-25)36(51)45-35-31-8-1-2-9-34(31)53-23-33(35)50/h1-12,17-18,20,27,30,32-33,35,49-50H,13-16,19,21-24H2,(H,44,52)(H,45,51)/t27-,30+,32+,33-,35+/m1/s1. The van der Waals surface area contributed by atoms with Gasteiger partial charge >= 0.3 is 6.18 Å². The number of ether oxygens (including phenoxy) is 1. The van der Waals surface area contributed by atoms with Crippen molar-refractivity contribution in [1.82, 2.24) is 30.0 Å². The summed E-state index contributed by atoms with van der Waals surface area (Å²) in [4.78, 5) is 35.0. The lowest BCUT2D eigenvalue weighted by molar-refractivity contribution is -0.143. The fraction of sp³-hybridized carbons (Fsp3) is 0.395. The number of halogens is 4. The van der Waals surface area contributed by atoms with Crippen molar-refractivity contribution in [3.63, 3.8) is 0 Å². The van der Waals surface area contributed by atoms with E-state index in [9.17, 15) is 33.0 Å². The smallest absolute Gasteiger partial charge is 0.405 e. The van der Waals surface area contributed by atoms with Crippen molar-refractivity contribution in [3.8, 4) is 11.4 Å². The molecule has 1 fully saturated rings. The van der Waals surface area contributed by atoms with Crippen LogP contribution in [-0.4, -0.2) is 105 Å². The maximum Gasteiger partial charge on any atom is 0.405 e. The number of nitrogens with one attached hydrogen (secondary N) is 2. The number of nitrogens with zero attached hydrogens (tertiary/aromatic N) is 4. The zero-order chi connectivity index (χ0) is 37.5. The Labute approximate surface area is 310 Å². The lowest BCUT2D eigenvalue weighted by Crippen LogP contribution is -2.60. The zero-order valence-electron chi connectivity index (χ0n) is 28.8. The van der Waals surface area contributed by atoms with Crippen molar-refractivity contribution in [2.24, 2.45) is 5.92 Å². The molecule has 4 heterocycles. The average Bonchev–Trinajstić information content (AvgIpc) is 3.61. The van der Waals surface area contributed by atoms with Crippen LogP contribution in [0, 0.1) is 5.92 Å². The number of pyridine rings is 1. The van der Waals surface area contributed by atoms with Crippen molar-refractivity contribution in [3.05, 3.63) is 113 Å². The summed E-state index contributed by atoms with van der Waals surface area (Å²) < 4.78 is 47.0. The third kappa shape index (κ3) is 10.4. The fourth-order valence-corrected chi connectivity index (χ4v) is 7.12. The summed E-state index contributed by atoms with van der Waals surface area (Å²) in [5, 5.41) is 27.8. The van der Waals surface area contributed by atoms with Crippen molar-refractivity contribution in [2.45, 2.75) is 49.9 Å². The molecule has 2 amide bonds. The predicted octanol–water partition coefficient (Wildman–Crippen LogP) is 3.91. The van der Waals surface area contributed by atoms with E-state index in [1.807, 2.05) is 57.5 Å². The van der Waals surface area contributed by atoms with Gasteiger partial charge < -0.3 is 30.2 Å². The van der Waals surface area contributed by atoms with Gasteiger partial charge in [0.2, 0.25) is 11.8 Å². The molecule has 4 aromatic rings. The zero-order valence-corrected chi connectivity index (χ0v) is 29.6. The van der Waals surface area contributed by atoms with E-state index in [1.165, 1.54) is 0 Å². The summed E-state index contributed by atoms with van der Waals surface area (Å²) in [6.45, 7) is -0.186. The Morgan fingerprint density at radius 3 is 2.66 bits per heavy atom. The van der Waals surface area contributed by atoms with E-state index in [2.05, 4.69) is 10.3 Å². The number of para-hydroxylation sites is 1. The number of hydrogen-bond acceptors (Lipinski definition) is 8. The quantitative estimate of drug-likeness (QED) is 0.162. The normalized spacial score (nSPS) is 20.5. The maximum atomic E-state index is 13.9. The topological polar surface area (TPSA) is 132 Å². The first-order chi connectivity index (χ1) is 25.4. The second-order valence-electron chi connectivity index (χ2n) is 13.5. The molecule has 0 unspecified atom stereocenters. The molecule has 6 rings (SSSR count). The molecule has 4 N–H and O–H groups in total. The molecule has 0 bridgehead atoms. The van der Waals surface area contributed by atoms with Gasteiger partial charge in [-0.3, -0.25) is 24.4 Å². The van der Waals surface area contributed by atoms with Crippen molar-refractivity contribution in [1.29, 1.82) is 0 Å². The van der Waals surface area contributed by atoms with E-state index in [1.54, 1.807) is 53.7 Å². The largest absolute Gasteiger partial charge is 0.490 e. The number of aliphatic hydroxyl groups is 2. The van der Waals surface area contributed by atoms with Gasteiger partial charge in [-0.05, 0) is 60.4 Å². The van der Waals surface area contributed by atoms with E-state index < -0.39 is 54.7 Å². The van der Waals surface area contributed by atoms with E-state index in [0.717, 1.165) is 16.8 Å². The Hall–Kier alpha value is -4.47. The fourth-order valence-electron chi connectivity index (χ4n) is 6.94. The second-order valence-corrected chi connectivity index (χ2v) is 14.0. The van der Waals surface area contributed by atoms with Crippen LogP contribution < -0.4 is 15.4 Å². The highest BCUT2D eigenvalue weighted by Gasteiger charge is 2.37. The van der Waals surface area contributed by atoms with Crippen molar-refractivity contribution >= 4 is 23.4 Å². The van der Waals surface area contributed by atoms with Gasteiger partial charge in [-0.25, -0.2) is 0 Å². The van der Waals surface area contributed by atoms with Crippen LogP contribution >= 0.6 is 11.6 Å². The molecule has 5 atom stereocenters. The second kappa shape index (κ2) is 17.1. The molecule has 1 saturated heterocycles. The first-order valence-electron chi connectivity index (χ1n) is 17.4. The number of aromatic nitrogens is 2. The first kappa shape index (κ1) is 38.3. The highest BCUT2D eigenvalue weighted by molar-refractivity contribution is 6.30. The third-order valence-electron chi connectivity index (χ3n) is 9.53. The minimum Gasteiger partial charge on any atom is -0.490 e. The third-order valence-corrected chi connectivity index (χ3v) is 9.77. The minimum absolute atomic E-state index is 0.00461. The summed E-state index contributed by atoms with van der Waals surface area (Å²) in [5.74, 6) is -1.41. The lowest BCUT2D eigenvalue weighted by Gasteiger charge is -2.41. The van der Waals surface area contributed by atoms with Crippen LogP contribution in [0.3, 0.4) is 0 Å². The van der Waals surface area contributed by atoms with Gasteiger partial charge in [-0.15, -0.1) is 0 Å². The summed E-state index contributed by atoms with van der Waals surface area (Å²) in [7, 11) is 0. The number of benzene rings is 2. The van der Waals surface area contributed by atoms with Crippen LogP contribution in [0.5, 0.6) is 5.75 Å². The van der Waals surface area contributed by atoms with Crippen LogP contribution in [0.4, 0.5) is 13.2 Å². The van der Waals surface area contributed by atoms with Crippen LogP contribution in [0.15, 0.2) is 91.5 Å². The summed E-state index contributed by atoms with van der Waals surface area (Å²) in [6, 6.07) is 18.3. The number of rotatable bonds is 13. The molecule has 282 valence electrons. The number of hydrogen-bond donors (Lipinski definition) is 4. The van der Waals surface area contributed by atoms with Gasteiger partial charge in [0, 0.05) is 79.7 Å². The molecule has 2 aliphatic heterocycles. The Balaban J connectivity index is 1.15. The number of alkyl halides is 3. The van der Waals surface area contributed by atoms with Crippen LogP contribution in [-0.2, 0) is 22.6 Å². The van der Waals surface area contributed by atoms with Gasteiger partial charge in [-0.1, -0.05) is 41.9 Å². The Bertz CT molecular complexity index is 1850. The number of β-amino-alcohol motifs (C(OH)–C–C–N with tert-alkyl or cyclic N) is 1. The molecule has 0 aliphatic carbocycles. The molecule has 0 radical (unpaired) electrons. The summed E-state index contributed by atoms with van der Waals surface area (Å²) >= 11 is 6.16. The molecule has 0 saturated carbocycles. The number of carbonyl (C=O) groups is 2. The highest BCUT2D eigenvalue weighted by Crippen LogP contribution is 2.32. The number of piperazine rings is 1. The Morgan fingerprint density at radius 2 is 1.89 bits per heavy atom. The number of aliphatic hydroxyl groups excluding tert-OH is 2. The monoisotopic (exact) mass is 754 g/mol. The predicted molar refractivity (Wildman–Crippen MR) is 191 cm³/mol. The molecule has 11 nitrogen and oxygen atoms in total. The van der Waals surface area contributed by atoms with Crippen molar-refractivity contribution < 1.29 is 37.7 Å². The Morgan fingerprint density at radius 1 is 1.06 bits per heavy atom. The van der Waals surface area contributed by atoms with E-state index >= 15 is 0 Å². The van der Waals surface area contributed by atoms with Gasteiger partial charge in [0.05, 0.1) is 12.1 Å². The molecule has 0 spiro atoms. The SMILES string of the molecule is O=C(N[C@H]1c2ccccc2OC[C@H]1O)[C@H](Cc1cccnc1)C[C@H](O)CN1CCN(Cc2ccn(-c3cccc(Cl)c3)c2)C[C@H]1C(=O)NCC(F)(F)F. The molecule has 2 aliphatic rings. The maximum absolute atomic E-state index is 13.9. The van der Waals surface area contributed by atoms with Crippen molar-refractivity contribution in [2.75, 3.05) is 39.3 Å². The molecule has 2 aromatic carbocycles. The first-order valence-corrected chi connectivity index (χ1v) is 17.8. The van der Waals surface area contributed by atoms with Crippen LogP contribution in [0.1, 0.15) is 29.2 Å². The lowest BCUT2D eigenvalue weighted by atomic mass is 9.91. The van der Waals surface area contributed by atoms with Crippen LogP contribution in [0.25, 0.3) is 5.69 Å². The molecule has 53 heavy (non-hydrogen) atoms. The molecular formula is C38H42ClF3N6O5. The van der Waals surface area contributed by atoms with Crippen LogP contribution in [0.2, 0.25) is 5.02 Å². The van der Waals surface area contributed by atoms with Gasteiger partial charge in [0.25, 0.3) is 0 Å². The summed E-state index contributed by atoms with van der Waals surface area (Å²) in [5.41, 5.74) is 3.20. The van der Waals surface area contributed by atoms with Gasteiger partial charge in [0.15, 0.2) is 0 Å². The summed E-state index contributed by atoms with van der Waals surface area (Å²) in [6.07, 6.45) is 0.572. The average molecular weight is 755 g/mol. The van der Waals surface area contributed by atoms with Gasteiger partial charge in [-0.2, -0.15) is 13.2 Å².